The highest BCUT2D eigenvalue weighted by Crippen LogP contribution is 2.08. The number of rotatable bonds is 3. The molecule has 0 radical (unpaired) electrons. The third-order valence-electron chi connectivity index (χ3n) is 2.70. The fourth-order valence-electron chi connectivity index (χ4n) is 1.52. The summed E-state index contributed by atoms with van der Waals surface area (Å²) >= 11 is 0. The van der Waals surface area contributed by atoms with Crippen LogP contribution < -0.4 is 11.2 Å². The van der Waals surface area contributed by atoms with Crippen molar-refractivity contribution in [1.82, 2.24) is 10.5 Å². The second-order valence-corrected chi connectivity index (χ2v) is 6.26. The lowest BCUT2D eigenvalue weighted by molar-refractivity contribution is 0.232. The highest BCUT2D eigenvalue weighted by atomic mass is 32.2. The fraction of sp³-hybridized carbons (Fsp3) is 0.133. The van der Waals surface area contributed by atoms with Gasteiger partial charge in [-0.25, -0.2) is 5.48 Å². The van der Waals surface area contributed by atoms with E-state index in [1.54, 1.807) is 23.7 Å². The molecule has 0 atom stereocenters. The lowest BCUT2D eigenvalue weighted by atomic mass is 10.2. The Morgan fingerprint density at radius 2 is 1.84 bits per heavy atom. The van der Waals surface area contributed by atoms with Crippen molar-refractivity contribution in [2.45, 2.75) is 18.7 Å². The summed E-state index contributed by atoms with van der Waals surface area (Å²) in [4.78, 5) is 4.09. The van der Waals surface area contributed by atoms with Gasteiger partial charge < -0.3 is 5.73 Å². The second-order valence-electron chi connectivity index (χ2n) is 4.83. The van der Waals surface area contributed by atoms with Crippen molar-refractivity contribution >= 4 is 22.3 Å². The molecular formula is C15H19N5O4S. The number of aryl methyl sites for hydroxylation is 2. The number of guanidine groups is 1. The van der Waals surface area contributed by atoms with Gasteiger partial charge in [0.05, 0.1) is 16.8 Å². The van der Waals surface area contributed by atoms with Gasteiger partial charge in [0.25, 0.3) is 10.1 Å². The van der Waals surface area contributed by atoms with E-state index in [0.717, 1.165) is 11.3 Å². The van der Waals surface area contributed by atoms with E-state index in [-0.39, 0.29) is 10.9 Å². The zero-order chi connectivity index (χ0) is 18.9. The van der Waals surface area contributed by atoms with Crippen molar-refractivity contribution in [3.05, 3.63) is 59.4 Å². The number of aromatic nitrogens is 1. The highest BCUT2D eigenvalue weighted by Gasteiger charge is 2.06. The van der Waals surface area contributed by atoms with Gasteiger partial charge in [-0.2, -0.15) is 13.5 Å². The van der Waals surface area contributed by atoms with Crippen LogP contribution in [-0.2, 0) is 10.1 Å². The van der Waals surface area contributed by atoms with E-state index in [4.69, 9.17) is 15.5 Å². The standard InChI is InChI=1S/C8H11N5O.C7H8O3S/c1-6-3-2-4-7(11-6)5-10-12-8(9)13-14;1-6-2-4-7(5-3-6)11(8,9)10/h2-5,14H,1H3,(H3,9,12,13);2-5H,1H3,(H,8,9,10)/b10-5+;. The molecule has 134 valence electrons. The maximum atomic E-state index is 10.5. The molecule has 10 heteroatoms. The topological polar surface area (TPSA) is 150 Å². The molecular weight excluding hydrogens is 346 g/mol. The van der Waals surface area contributed by atoms with Crippen molar-refractivity contribution in [2.75, 3.05) is 0 Å². The third-order valence-corrected chi connectivity index (χ3v) is 3.57. The van der Waals surface area contributed by atoms with Crippen LogP contribution >= 0.6 is 0 Å². The number of nitrogens with two attached hydrogens (primary N) is 1. The number of nitrogens with zero attached hydrogens (tertiary/aromatic N) is 3. The van der Waals surface area contributed by atoms with Gasteiger partial charge in [-0.05, 0) is 38.1 Å². The van der Waals surface area contributed by atoms with Crippen molar-refractivity contribution < 1.29 is 18.2 Å². The number of pyridine rings is 1. The molecule has 9 nitrogen and oxygen atoms in total. The minimum Gasteiger partial charge on any atom is -0.367 e. The average molecular weight is 365 g/mol. The Balaban J connectivity index is 0.000000257. The average Bonchev–Trinajstić information content (AvgIpc) is 2.55. The molecule has 2 rings (SSSR count). The molecule has 0 aliphatic carbocycles. The maximum absolute atomic E-state index is 10.5. The van der Waals surface area contributed by atoms with Crippen LogP contribution in [0.15, 0.2) is 57.6 Å². The van der Waals surface area contributed by atoms with Crippen LogP contribution in [0.4, 0.5) is 0 Å². The van der Waals surface area contributed by atoms with Crippen LogP contribution in [0.25, 0.3) is 0 Å². The molecule has 0 saturated heterocycles. The van der Waals surface area contributed by atoms with E-state index in [1.807, 2.05) is 26.0 Å². The van der Waals surface area contributed by atoms with Crippen molar-refractivity contribution in [1.29, 1.82) is 0 Å². The van der Waals surface area contributed by atoms with Gasteiger partial charge in [0.1, 0.15) is 0 Å². The molecule has 1 aromatic heterocycles. The molecule has 0 spiro atoms. The van der Waals surface area contributed by atoms with E-state index in [1.165, 1.54) is 18.3 Å². The minimum absolute atomic E-state index is 0.0666. The summed E-state index contributed by atoms with van der Waals surface area (Å²) in [5.74, 6) is -0.172. The quantitative estimate of drug-likeness (QED) is 0.277. The van der Waals surface area contributed by atoms with E-state index in [9.17, 15) is 8.42 Å². The SMILES string of the molecule is Cc1ccc(S(=O)(=O)O)cc1.Cc1cccc(/C=N/N=C(\N)NO)n1. The predicted octanol–water partition coefficient (Wildman–Crippen LogP) is 1.26. The second kappa shape index (κ2) is 9.47. The lowest BCUT2D eigenvalue weighted by Gasteiger charge is -1.95. The third kappa shape index (κ3) is 8.01. The summed E-state index contributed by atoms with van der Waals surface area (Å²) < 4.78 is 29.6. The molecule has 2 aromatic rings. The normalized spacial score (nSPS) is 11.8. The summed E-state index contributed by atoms with van der Waals surface area (Å²) in [6.07, 6.45) is 1.44. The first-order valence-corrected chi connectivity index (χ1v) is 8.41. The van der Waals surface area contributed by atoms with Crippen molar-refractivity contribution in [3.8, 4) is 0 Å². The molecule has 0 unspecified atom stereocenters. The van der Waals surface area contributed by atoms with Crippen LogP contribution in [0.2, 0.25) is 0 Å². The summed E-state index contributed by atoms with van der Waals surface area (Å²) in [6, 6.07) is 11.5. The van der Waals surface area contributed by atoms with Crippen LogP contribution in [-0.4, -0.2) is 35.3 Å². The predicted molar refractivity (Wildman–Crippen MR) is 94.1 cm³/mol. The fourth-order valence-corrected chi connectivity index (χ4v) is 2.00. The van der Waals surface area contributed by atoms with Crippen LogP contribution in [0.5, 0.6) is 0 Å². The number of benzene rings is 1. The molecule has 1 aromatic carbocycles. The first kappa shape index (κ1) is 20.2. The molecule has 5 N–H and O–H groups in total. The monoisotopic (exact) mass is 365 g/mol. The number of nitrogens with one attached hydrogen (secondary N) is 1. The Morgan fingerprint density at radius 3 is 2.36 bits per heavy atom. The molecule has 0 aliphatic rings. The Bertz CT molecular complexity index is 848. The van der Waals surface area contributed by atoms with Gasteiger partial charge in [-0.1, -0.05) is 23.8 Å². The minimum atomic E-state index is -4.02. The summed E-state index contributed by atoms with van der Waals surface area (Å²) in [7, 11) is -4.02. The molecule has 0 saturated carbocycles. The van der Waals surface area contributed by atoms with Gasteiger partial charge in [0.2, 0.25) is 5.96 Å². The van der Waals surface area contributed by atoms with Crippen LogP contribution in [0.3, 0.4) is 0 Å². The Hall–Kier alpha value is -2.82. The molecule has 1 heterocycles. The first-order chi connectivity index (χ1) is 11.7. The summed E-state index contributed by atoms with van der Waals surface area (Å²) in [5.41, 5.74) is 9.31. The van der Waals surface area contributed by atoms with E-state index < -0.39 is 10.1 Å². The van der Waals surface area contributed by atoms with E-state index in [0.29, 0.717) is 5.69 Å². The first-order valence-electron chi connectivity index (χ1n) is 6.97. The number of hydrogen-bond donors (Lipinski definition) is 4. The van der Waals surface area contributed by atoms with Gasteiger partial charge >= 0.3 is 0 Å². The molecule has 0 aliphatic heterocycles. The number of hydroxylamine groups is 1. The van der Waals surface area contributed by atoms with Gasteiger partial charge in [0.15, 0.2) is 0 Å². The Kier molecular flexibility index (Phi) is 7.66. The molecule has 0 fully saturated rings. The molecule has 25 heavy (non-hydrogen) atoms. The van der Waals surface area contributed by atoms with Gasteiger partial charge in [-0.15, -0.1) is 5.10 Å². The largest absolute Gasteiger partial charge is 0.367 e. The Morgan fingerprint density at radius 1 is 1.20 bits per heavy atom. The number of hydrogen-bond acceptors (Lipinski definition) is 6. The highest BCUT2D eigenvalue weighted by molar-refractivity contribution is 7.85. The van der Waals surface area contributed by atoms with Gasteiger partial charge in [0, 0.05) is 5.69 Å². The van der Waals surface area contributed by atoms with Crippen molar-refractivity contribution in [3.63, 3.8) is 0 Å². The molecule has 0 amide bonds. The van der Waals surface area contributed by atoms with Crippen LogP contribution in [0.1, 0.15) is 17.0 Å². The smallest absolute Gasteiger partial charge is 0.294 e. The maximum Gasteiger partial charge on any atom is 0.294 e. The lowest BCUT2D eigenvalue weighted by Crippen LogP contribution is -2.27. The summed E-state index contributed by atoms with van der Waals surface area (Å²) in [6.45, 7) is 3.72. The Labute approximate surface area is 145 Å². The zero-order valence-corrected chi connectivity index (χ0v) is 14.5. The summed E-state index contributed by atoms with van der Waals surface area (Å²) in [5, 5.41) is 15.3. The zero-order valence-electron chi connectivity index (χ0n) is 13.7. The molecule has 0 bridgehead atoms. The van der Waals surface area contributed by atoms with Crippen LogP contribution in [0, 0.1) is 13.8 Å². The van der Waals surface area contributed by atoms with Crippen molar-refractivity contribution in [2.24, 2.45) is 15.9 Å². The van der Waals surface area contributed by atoms with E-state index in [2.05, 4.69) is 15.2 Å². The van der Waals surface area contributed by atoms with E-state index >= 15 is 0 Å². The van der Waals surface area contributed by atoms with Gasteiger partial charge in [-0.3, -0.25) is 14.7 Å².